The van der Waals surface area contributed by atoms with Crippen LogP contribution in [0.5, 0.6) is 17.2 Å². The van der Waals surface area contributed by atoms with E-state index in [9.17, 15) is 4.79 Å². The Morgan fingerprint density at radius 1 is 0.967 bits per heavy atom. The summed E-state index contributed by atoms with van der Waals surface area (Å²) in [5.41, 5.74) is 2.42. The number of likely N-dealkylation sites (N-methyl/N-ethyl adjacent to an activating group) is 1. The first kappa shape index (κ1) is 20.4. The molecule has 0 unspecified atom stereocenters. The molecule has 1 fully saturated rings. The van der Waals surface area contributed by atoms with E-state index in [0.717, 1.165) is 37.4 Å². The number of hydrogen-bond acceptors (Lipinski definition) is 8. The van der Waals surface area contributed by atoms with E-state index >= 15 is 0 Å². The molecule has 0 bridgehead atoms. The lowest BCUT2D eigenvalue weighted by Gasteiger charge is -2.33. The number of anilines is 1. The highest BCUT2D eigenvalue weighted by Crippen LogP contribution is 2.42. The third-order valence-electron chi connectivity index (χ3n) is 5.97. The van der Waals surface area contributed by atoms with Gasteiger partial charge in [-0.15, -0.1) is 0 Å². The largest absolute Gasteiger partial charge is 0.493 e. The van der Waals surface area contributed by atoms with E-state index < -0.39 is 0 Å². The molecule has 1 aromatic carbocycles. The quantitative estimate of drug-likeness (QED) is 0.740. The minimum absolute atomic E-state index is 0.00561. The Balaban J connectivity index is 1.64. The fourth-order valence-corrected chi connectivity index (χ4v) is 4.17. The number of aromatic nitrogens is 2. The van der Waals surface area contributed by atoms with Crippen LogP contribution in [0.4, 0.5) is 5.95 Å². The van der Waals surface area contributed by atoms with Gasteiger partial charge in [0.25, 0.3) is 0 Å². The van der Waals surface area contributed by atoms with Crippen LogP contribution in [0.1, 0.15) is 34.0 Å². The minimum Gasteiger partial charge on any atom is -0.493 e. The summed E-state index contributed by atoms with van der Waals surface area (Å²) in [6, 6.07) is 3.85. The number of ketones is 1. The first-order chi connectivity index (χ1) is 14.5. The van der Waals surface area contributed by atoms with Crippen molar-refractivity contribution in [2.75, 3.05) is 59.5 Å². The SMILES string of the molecule is COc1cc([C@@H]2CC(=O)c3cnc(N4CCN(C)CC4)nc3C2)cc(OC)c1OC. The maximum absolute atomic E-state index is 12.8. The summed E-state index contributed by atoms with van der Waals surface area (Å²) in [7, 11) is 6.89. The van der Waals surface area contributed by atoms with E-state index in [4.69, 9.17) is 19.2 Å². The third-order valence-corrected chi connectivity index (χ3v) is 5.97. The molecular formula is C22H28N4O4. The second kappa shape index (κ2) is 8.47. The second-order valence-corrected chi connectivity index (χ2v) is 7.81. The molecular weight excluding hydrogens is 384 g/mol. The Kier molecular flexibility index (Phi) is 5.76. The summed E-state index contributed by atoms with van der Waals surface area (Å²) in [5.74, 6) is 2.50. The molecule has 8 nitrogen and oxygen atoms in total. The predicted octanol–water partition coefficient (Wildman–Crippen LogP) is 2.17. The summed E-state index contributed by atoms with van der Waals surface area (Å²) >= 11 is 0. The van der Waals surface area contributed by atoms with Crippen molar-refractivity contribution in [1.29, 1.82) is 0 Å². The molecule has 0 spiro atoms. The van der Waals surface area contributed by atoms with E-state index in [1.165, 1.54) is 0 Å². The summed E-state index contributed by atoms with van der Waals surface area (Å²) in [4.78, 5) is 26.6. The van der Waals surface area contributed by atoms with E-state index in [-0.39, 0.29) is 11.7 Å². The van der Waals surface area contributed by atoms with Gasteiger partial charge in [-0.05, 0) is 37.1 Å². The number of methoxy groups -OCH3 is 3. The van der Waals surface area contributed by atoms with Crippen molar-refractivity contribution in [2.45, 2.75) is 18.8 Å². The van der Waals surface area contributed by atoms with E-state index in [1.807, 2.05) is 12.1 Å². The number of Topliss-reactive ketones (excluding diaryl/α,β-unsaturated/α-hetero) is 1. The van der Waals surface area contributed by atoms with Crippen LogP contribution in [0.15, 0.2) is 18.3 Å². The molecule has 2 heterocycles. The van der Waals surface area contributed by atoms with Crippen molar-refractivity contribution in [2.24, 2.45) is 0 Å². The summed E-state index contributed by atoms with van der Waals surface area (Å²) < 4.78 is 16.4. The second-order valence-electron chi connectivity index (χ2n) is 7.81. The Labute approximate surface area is 176 Å². The molecule has 2 aromatic rings. The van der Waals surface area contributed by atoms with Gasteiger partial charge < -0.3 is 24.0 Å². The van der Waals surface area contributed by atoms with Crippen LogP contribution < -0.4 is 19.1 Å². The Bertz CT molecular complexity index is 916. The maximum atomic E-state index is 12.8. The van der Waals surface area contributed by atoms with Gasteiger partial charge in [-0.2, -0.15) is 0 Å². The number of carbonyl (C=O) groups excluding carboxylic acids is 1. The molecule has 1 saturated heterocycles. The fourth-order valence-electron chi connectivity index (χ4n) is 4.17. The number of rotatable bonds is 5. The molecule has 160 valence electrons. The molecule has 1 atom stereocenters. The predicted molar refractivity (Wildman–Crippen MR) is 113 cm³/mol. The Morgan fingerprint density at radius 2 is 1.63 bits per heavy atom. The zero-order valence-electron chi connectivity index (χ0n) is 18.0. The van der Waals surface area contributed by atoms with Crippen molar-refractivity contribution in [3.05, 3.63) is 35.2 Å². The monoisotopic (exact) mass is 412 g/mol. The number of hydrogen-bond donors (Lipinski definition) is 0. The topological polar surface area (TPSA) is 77.0 Å². The van der Waals surface area contributed by atoms with Crippen LogP contribution in [-0.2, 0) is 6.42 Å². The molecule has 1 aromatic heterocycles. The van der Waals surface area contributed by atoms with Gasteiger partial charge in [0.1, 0.15) is 0 Å². The number of ether oxygens (including phenoxy) is 3. The lowest BCUT2D eigenvalue weighted by atomic mass is 9.82. The summed E-state index contributed by atoms with van der Waals surface area (Å²) in [6.07, 6.45) is 2.77. The zero-order valence-corrected chi connectivity index (χ0v) is 18.0. The van der Waals surface area contributed by atoms with Gasteiger partial charge in [-0.3, -0.25) is 4.79 Å². The molecule has 4 rings (SSSR count). The normalized spacial score (nSPS) is 19.4. The molecule has 0 radical (unpaired) electrons. The van der Waals surface area contributed by atoms with Crippen LogP contribution >= 0.6 is 0 Å². The standard InChI is InChI=1S/C22H28N4O4/c1-25-5-7-26(8-6-25)22-23-13-16-17(24-22)9-14(10-18(16)27)15-11-19(28-2)21(30-4)20(12-15)29-3/h11-14H,5-10H2,1-4H3/t14-/m0/s1. The molecule has 0 N–H and O–H groups in total. The van der Waals surface area contributed by atoms with Gasteiger partial charge in [0, 0.05) is 38.8 Å². The highest BCUT2D eigenvalue weighted by molar-refractivity contribution is 5.98. The Morgan fingerprint density at radius 3 is 2.23 bits per heavy atom. The summed E-state index contributed by atoms with van der Waals surface area (Å²) in [6.45, 7) is 3.74. The highest BCUT2D eigenvalue weighted by atomic mass is 16.5. The van der Waals surface area contributed by atoms with Crippen molar-refractivity contribution < 1.29 is 19.0 Å². The molecule has 1 aliphatic heterocycles. The van der Waals surface area contributed by atoms with Gasteiger partial charge in [0.15, 0.2) is 17.3 Å². The molecule has 8 heteroatoms. The fraction of sp³-hybridized carbons (Fsp3) is 0.500. The van der Waals surface area contributed by atoms with Crippen LogP contribution in [0.3, 0.4) is 0 Å². The van der Waals surface area contributed by atoms with Crippen molar-refractivity contribution in [1.82, 2.24) is 14.9 Å². The van der Waals surface area contributed by atoms with Crippen molar-refractivity contribution in [3.8, 4) is 17.2 Å². The maximum Gasteiger partial charge on any atom is 0.225 e. The van der Waals surface area contributed by atoms with Gasteiger partial charge in [-0.1, -0.05) is 0 Å². The number of benzene rings is 1. The lowest BCUT2D eigenvalue weighted by molar-refractivity contribution is 0.0962. The first-order valence-electron chi connectivity index (χ1n) is 10.2. The van der Waals surface area contributed by atoms with Crippen molar-refractivity contribution >= 4 is 11.7 Å². The Hall–Kier alpha value is -2.87. The zero-order chi connectivity index (χ0) is 21.3. The highest BCUT2D eigenvalue weighted by Gasteiger charge is 2.30. The van der Waals surface area contributed by atoms with E-state index in [2.05, 4.69) is 21.8 Å². The van der Waals surface area contributed by atoms with Crippen LogP contribution in [0.2, 0.25) is 0 Å². The number of nitrogens with zero attached hydrogens (tertiary/aromatic N) is 4. The molecule has 0 saturated carbocycles. The molecule has 2 aliphatic rings. The number of piperazine rings is 1. The molecule has 1 aliphatic carbocycles. The van der Waals surface area contributed by atoms with E-state index in [0.29, 0.717) is 41.6 Å². The molecule has 0 amide bonds. The third kappa shape index (κ3) is 3.79. The van der Waals surface area contributed by atoms with Gasteiger partial charge in [0.2, 0.25) is 11.7 Å². The number of fused-ring (bicyclic) bond motifs is 1. The average Bonchev–Trinajstić information content (AvgIpc) is 2.78. The van der Waals surface area contributed by atoms with Crippen LogP contribution in [-0.4, -0.2) is 75.2 Å². The lowest BCUT2D eigenvalue weighted by Crippen LogP contribution is -2.45. The van der Waals surface area contributed by atoms with Crippen molar-refractivity contribution in [3.63, 3.8) is 0 Å². The van der Waals surface area contributed by atoms with Crippen LogP contribution in [0.25, 0.3) is 0 Å². The van der Waals surface area contributed by atoms with Gasteiger partial charge in [-0.25, -0.2) is 9.97 Å². The molecule has 30 heavy (non-hydrogen) atoms. The van der Waals surface area contributed by atoms with E-state index in [1.54, 1.807) is 27.5 Å². The smallest absolute Gasteiger partial charge is 0.225 e. The minimum atomic E-state index is -0.00561. The average molecular weight is 412 g/mol. The van der Waals surface area contributed by atoms with Gasteiger partial charge >= 0.3 is 0 Å². The van der Waals surface area contributed by atoms with Crippen LogP contribution in [0, 0.1) is 0 Å². The number of carbonyl (C=O) groups is 1. The van der Waals surface area contributed by atoms with Gasteiger partial charge in [0.05, 0.1) is 32.6 Å². The first-order valence-corrected chi connectivity index (χ1v) is 10.2. The summed E-state index contributed by atoms with van der Waals surface area (Å²) in [5, 5.41) is 0.